The van der Waals surface area contributed by atoms with E-state index in [4.69, 9.17) is 0 Å². The van der Waals surface area contributed by atoms with Crippen LogP contribution in [-0.4, -0.2) is 7.05 Å². The van der Waals surface area contributed by atoms with Gasteiger partial charge in [0, 0.05) is 10.5 Å². The van der Waals surface area contributed by atoms with Crippen molar-refractivity contribution < 1.29 is 13.2 Å². The van der Waals surface area contributed by atoms with E-state index in [-0.39, 0.29) is 10.5 Å². The highest BCUT2D eigenvalue weighted by Gasteiger charge is 2.33. The minimum absolute atomic E-state index is 0.0470. The van der Waals surface area contributed by atoms with Gasteiger partial charge in [-0.1, -0.05) is 28.9 Å². The van der Waals surface area contributed by atoms with E-state index in [2.05, 4.69) is 21.2 Å². The van der Waals surface area contributed by atoms with Gasteiger partial charge in [0.1, 0.15) is 0 Å². The molecule has 0 aliphatic rings. The van der Waals surface area contributed by atoms with Crippen LogP contribution in [0.1, 0.15) is 30.5 Å². The standard InChI is InChI=1S/C11H13BrF3N/c1-3-10(16-2)7-4-5-9(12)8(6-7)11(13,14)15/h4-6,10,16H,3H2,1-2H3. The first-order valence-corrected chi connectivity index (χ1v) is 5.73. The van der Waals surface area contributed by atoms with E-state index < -0.39 is 11.7 Å². The predicted octanol–water partition coefficient (Wildman–Crippen LogP) is 4.14. The maximum atomic E-state index is 12.6. The Hall–Kier alpha value is -0.550. The van der Waals surface area contributed by atoms with Crippen LogP contribution < -0.4 is 5.32 Å². The Morgan fingerprint density at radius 3 is 2.44 bits per heavy atom. The first-order chi connectivity index (χ1) is 7.40. The second-order valence-corrected chi connectivity index (χ2v) is 4.34. The number of hydrogen-bond donors (Lipinski definition) is 1. The second-order valence-electron chi connectivity index (χ2n) is 3.49. The van der Waals surface area contributed by atoms with Gasteiger partial charge >= 0.3 is 6.18 Å². The third-order valence-electron chi connectivity index (χ3n) is 2.45. The molecule has 0 aromatic heterocycles. The molecular formula is C11H13BrF3N. The zero-order valence-electron chi connectivity index (χ0n) is 9.03. The molecule has 1 atom stereocenters. The SMILES string of the molecule is CCC(NC)c1ccc(Br)c(C(F)(F)F)c1. The normalized spacial score (nSPS) is 13.9. The van der Waals surface area contributed by atoms with Crippen LogP contribution in [0.2, 0.25) is 0 Å². The Kier molecular flexibility index (Phi) is 4.38. The number of rotatable bonds is 3. The van der Waals surface area contributed by atoms with E-state index in [0.717, 1.165) is 6.42 Å². The monoisotopic (exact) mass is 295 g/mol. The molecule has 0 radical (unpaired) electrons. The molecular weight excluding hydrogens is 283 g/mol. The van der Waals surface area contributed by atoms with Crippen LogP contribution >= 0.6 is 15.9 Å². The highest BCUT2D eigenvalue weighted by Crippen LogP contribution is 2.36. The van der Waals surface area contributed by atoms with Crippen LogP contribution in [0.4, 0.5) is 13.2 Å². The van der Waals surface area contributed by atoms with Gasteiger partial charge < -0.3 is 5.32 Å². The lowest BCUT2D eigenvalue weighted by molar-refractivity contribution is -0.138. The molecule has 0 aliphatic carbocycles. The van der Waals surface area contributed by atoms with E-state index in [1.165, 1.54) is 12.1 Å². The first-order valence-electron chi connectivity index (χ1n) is 4.94. The van der Waals surface area contributed by atoms with Gasteiger partial charge in [0.15, 0.2) is 0 Å². The Morgan fingerprint density at radius 1 is 1.38 bits per heavy atom. The molecule has 1 aromatic rings. The molecule has 0 heterocycles. The summed E-state index contributed by atoms with van der Waals surface area (Å²) in [7, 11) is 1.74. The van der Waals surface area contributed by atoms with Gasteiger partial charge in [-0.3, -0.25) is 0 Å². The molecule has 1 unspecified atom stereocenters. The van der Waals surface area contributed by atoms with E-state index >= 15 is 0 Å². The maximum Gasteiger partial charge on any atom is 0.417 e. The lowest BCUT2D eigenvalue weighted by Gasteiger charge is -2.17. The van der Waals surface area contributed by atoms with Crippen molar-refractivity contribution >= 4 is 15.9 Å². The molecule has 0 amide bonds. The Labute approximate surface area is 101 Å². The van der Waals surface area contributed by atoms with Crippen LogP contribution in [0.25, 0.3) is 0 Å². The molecule has 1 N–H and O–H groups in total. The minimum atomic E-state index is -4.32. The quantitative estimate of drug-likeness (QED) is 0.884. The molecule has 16 heavy (non-hydrogen) atoms. The molecule has 90 valence electrons. The van der Waals surface area contributed by atoms with E-state index in [9.17, 15) is 13.2 Å². The molecule has 1 rings (SSSR count). The van der Waals surface area contributed by atoms with Crippen molar-refractivity contribution in [2.45, 2.75) is 25.6 Å². The van der Waals surface area contributed by atoms with Crippen molar-refractivity contribution in [2.24, 2.45) is 0 Å². The fourth-order valence-corrected chi connectivity index (χ4v) is 2.05. The fraction of sp³-hybridized carbons (Fsp3) is 0.455. The van der Waals surface area contributed by atoms with Crippen molar-refractivity contribution in [3.63, 3.8) is 0 Å². The van der Waals surface area contributed by atoms with Crippen LogP contribution in [-0.2, 0) is 6.18 Å². The molecule has 0 bridgehead atoms. The van der Waals surface area contributed by atoms with Gasteiger partial charge in [-0.25, -0.2) is 0 Å². The van der Waals surface area contributed by atoms with Crippen molar-refractivity contribution in [3.05, 3.63) is 33.8 Å². The minimum Gasteiger partial charge on any atom is -0.313 e. The average molecular weight is 296 g/mol. The highest BCUT2D eigenvalue weighted by molar-refractivity contribution is 9.10. The Balaban J connectivity index is 3.17. The van der Waals surface area contributed by atoms with Crippen LogP contribution in [0.15, 0.2) is 22.7 Å². The molecule has 1 nitrogen and oxygen atoms in total. The van der Waals surface area contributed by atoms with Crippen LogP contribution in [0.5, 0.6) is 0 Å². The topological polar surface area (TPSA) is 12.0 Å². The number of alkyl halides is 3. The molecule has 0 spiro atoms. The van der Waals surface area contributed by atoms with Gasteiger partial charge in [0.25, 0.3) is 0 Å². The first kappa shape index (κ1) is 13.5. The molecule has 0 aliphatic heterocycles. The summed E-state index contributed by atoms with van der Waals surface area (Å²) in [5, 5.41) is 2.98. The maximum absolute atomic E-state index is 12.6. The summed E-state index contributed by atoms with van der Waals surface area (Å²) in [4.78, 5) is 0. The number of nitrogens with one attached hydrogen (secondary N) is 1. The van der Waals surface area contributed by atoms with Crippen molar-refractivity contribution in [1.82, 2.24) is 5.32 Å². The summed E-state index contributed by atoms with van der Waals surface area (Å²) in [6, 6.07) is 4.28. The second kappa shape index (κ2) is 5.19. The lowest BCUT2D eigenvalue weighted by atomic mass is 10.0. The predicted molar refractivity (Wildman–Crippen MR) is 61.2 cm³/mol. The van der Waals surface area contributed by atoms with Crippen LogP contribution in [0.3, 0.4) is 0 Å². The largest absolute Gasteiger partial charge is 0.417 e. The number of halogens is 4. The summed E-state index contributed by atoms with van der Waals surface area (Å²) >= 11 is 2.92. The number of hydrogen-bond acceptors (Lipinski definition) is 1. The molecule has 0 fully saturated rings. The smallest absolute Gasteiger partial charge is 0.313 e. The third kappa shape index (κ3) is 2.98. The molecule has 1 aromatic carbocycles. The van der Waals surface area contributed by atoms with Gasteiger partial charge in [-0.15, -0.1) is 0 Å². The highest BCUT2D eigenvalue weighted by atomic mass is 79.9. The number of benzene rings is 1. The summed E-state index contributed by atoms with van der Waals surface area (Å²) < 4.78 is 38.0. The fourth-order valence-electron chi connectivity index (χ4n) is 1.58. The van der Waals surface area contributed by atoms with Crippen LogP contribution in [0, 0.1) is 0 Å². The Bertz CT molecular complexity index is 359. The summed E-state index contributed by atoms with van der Waals surface area (Å²) in [5.41, 5.74) is 0.0271. The average Bonchev–Trinajstić information content (AvgIpc) is 2.20. The Morgan fingerprint density at radius 2 is 2.00 bits per heavy atom. The van der Waals surface area contributed by atoms with Crippen molar-refractivity contribution in [2.75, 3.05) is 7.05 Å². The van der Waals surface area contributed by atoms with E-state index in [0.29, 0.717) is 5.56 Å². The summed E-state index contributed by atoms with van der Waals surface area (Å²) in [6.45, 7) is 1.93. The van der Waals surface area contributed by atoms with E-state index in [1.807, 2.05) is 6.92 Å². The zero-order chi connectivity index (χ0) is 12.3. The lowest BCUT2D eigenvalue weighted by Crippen LogP contribution is -2.16. The zero-order valence-corrected chi connectivity index (χ0v) is 10.6. The molecule has 0 saturated heterocycles. The summed E-state index contributed by atoms with van der Waals surface area (Å²) in [6.07, 6.45) is -3.57. The van der Waals surface area contributed by atoms with Gasteiger partial charge in [0.2, 0.25) is 0 Å². The van der Waals surface area contributed by atoms with Gasteiger partial charge in [0.05, 0.1) is 5.56 Å². The van der Waals surface area contributed by atoms with Gasteiger partial charge in [-0.05, 0) is 31.2 Å². The summed E-state index contributed by atoms with van der Waals surface area (Å²) in [5.74, 6) is 0. The molecule has 5 heteroatoms. The van der Waals surface area contributed by atoms with Crippen molar-refractivity contribution in [3.8, 4) is 0 Å². The molecule has 0 saturated carbocycles. The third-order valence-corrected chi connectivity index (χ3v) is 3.15. The van der Waals surface area contributed by atoms with Crippen molar-refractivity contribution in [1.29, 1.82) is 0 Å². The van der Waals surface area contributed by atoms with E-state index in [1.54, 1.807) is 13.1 Å². The van der Waals surface area contributed by atoms with Gasteiger partial charge in [-0.2, -0.15) is 13.2 Å².